The third kappa shape index (κ3) is 5.76. The Balaban J connectivity index is 1.68. The predicted molar refractivity (Wildman–Crippen MR) is 133 cm³/mol. The zero-order chi connectivity index (χ0) is 22.0. The fourth-order valence-corrected chi connectivity index (χ4v) is 4.57. The summed E-state index contributed by atoms with van der Waals surface area (Å²) in [6.07, 6.45) is 14.3. The molecule has 0 aliphatic heterocycles. The maximum absolute atomic E-state index is 13.3. The first-order valence-corrected chi connectivity index (χ1v) is 12.0. The van der Waals surface area contributed by atoms with Gasteiger partial charge in [0.2, 0.25) is 5.91 Å². The van der Waals surface area contributed by atoms with Gasteiger partial charge in [-0.1, -0.05) is 99.5 Å². The van der Waals surface area contributed by atoms with Crippen molar-refractivity contribution in [1.82, 2.24) is 9.97 Å². The van der Waals surface area contributed by atoms with Crippen molar-refractivity contribution in [2.45, 2.75) is 57.8 Å². The van der Waals surface area contributed by atoms with Gasteiger partial charge in [-0.2, -0.15) is 0 Å². The van der Waals surface area contributed by atoms with Gasteiger partial charge in [0.1, 0.15) is 0 Å². The lowest BCUT2D eigenvalue weighted by atomic mass is 9.91. The third-order valence-electron chi connectivity index (χ3n) is 6.32. The van der Waals surface area contributed by atoms with Crippen LogP contribution in [0.15, 0.2) is 73.1 Å². The average molecular weight is 428 g/mol. The van der Waals surface area contributed by atoms with E-state index in [0.717, 1.165) is 53.5 Å². The minimum atomic E-state index is 0.0711. The Morgan fingerprint density at radius 3 is 2.06 bits per heavy atom. The van der Waals surface area contributed by atoms with Crippen LogP contribution >= 0.6 is 0 Å². The molecule has 166 valence electrons. The number of carbonyl (C=O) groups is 1. The number of aromatic nitrogens is 2. The van der Waals surface area contributed by atoms with Gasteiger partial charge in [-0.3, -0.25) is 9.78 Å². The molecule has 0 atom stereocenters. The number of rotatable bonds is 3. The van der Waals surface area contributed by atoms with Crippen LogP contribution in [0.3, 0.4) is 0 Å². The van der Waals surface area contributed by atoms with Crippen LogP contribution in [-0.4, -0.2) is 15.9 Å². The molecule has 1 aromatic carbocycles. The molecule has 0 spiro atoms. The van der Waals surface area contributed by atoms with E-state index in [0.29, 0.717) is 0 Å². The average Bonchev–Trinajstić information content (AvgIpc) is 3.29. The summed E-state index contributed by atoms with van der Waals surface area (Å²) >= 11 is 0. The Morgan fingerprint density at radius 2 is 1.41 bits per heavy atom. The summed E-state index contributed by atoms with van der Waals surface area (Å²) in [5.41, 5.74) is 4.60. The molecule has 4 heteroatoms. The number of hydrogen-bond donors (Lipinski definition) is 2. The highest BCUT2D eigenvalue weighted by atomic mass is 16.1. The van der Waals surface area contributed by atoms with Gasteiger partial charge in [0.25, 0.3) is 0 Å². The van der Waals surface area contributed by atoms with E-state index in [2.05, 4.69) is 27.4 Å². The van der Waals surface area contributed by atoms with E-state index in [1.165, 1.54) is 32.1 Å². The van der Waals surface area contributed by atoms with Crippen molar-refractivity contribution in [3.63, 3.8) is 0 Å². The molecule has 2 aromatic heterocycles. The fraction of sp³-hybridized carbons (Fsp3) is 0.357. The molecular formula is C28H33N3O. The van der Waals surface area contributed by atoms with Crippen molar-refractivity contribution >= 4 is 22.6 Å². The number of aromatic amines is 1. The molecule has 2 heterocycles. The summed E-state index contributed by atoms with van der Waals surface area (Å²) in [6, 6.07) is 20.2. The first kappa shape index (κ1) is 22.1. The van der Waals surface area contributed by atoms with E-state index in [4.69, 9.17) is 0 Å². The second-order valence-electron chi connectivity index (χ2n) is 8.66. The second-order valence-corrected chi connectivity index (χ2v) is 8.66. The maximum Gasteiger partial charge on any atom is 0.227 e. The Bertz CT molecular complexity index is 1050. The minimum absolute atomic E-state index is 0.0711. The first-order chi connectivity index (χ1) is 15.8. The fourth-order valence-electron chi connectivity index (χ4n) is 4.57. The van der Waals surface area contributed by atoms with Crippen LogP contribution in [0.25, 0.3) is 22.2 Å². The van der Waals surface area contributed by atoms with Crippen molar-refractivity contribution in [2.75, 3.05) is 5.32 Å². The van der Waals surface area contributed by atoms with Crippen LogP contribution in [0.1, 0.15) is 57.8 Å². The lowest BCUT2D eigenvalue weighted by Crippen LogP contribution is -2.23. The molecule has 4 rings (SSSR count). The number of nitrogens with one attached hydrogen (secondary N) is 2. The van der Waals surface area contributed by atoms with Gasteiger partial charge >= 0.3 is 0 Å². The van der Waals surface area contributed by atoms with Gasteiger partial charge in [-0.15, -0.1) is 0 Å². The summed E-state index contributed by atoms with van der Waals surface area (Å²) in [4.78, 5) is 21.3. The van der Waals surface area contributed by atoms with Gasteiger partial charge in [-0.05, 0) is 24.5 Å². The lowest BCUT2D eigenvalue weighted by molar-refractivity contribution is -0.120. The predicted octanol–water partition coefficient (Wildman–Crippen LogP) is 7.43. The quantitative estimate of drug-likeness (QED) is 0.456. The summed E-state index contributed by atoms with van der Waals surface area (Å²) in [5, 5.41) is 3.26. The molecule has 0 bridgehead atoms. The third-order valence-corrected chi connectivity index (χ3v) is 6.32. The van der Waals surface area contributed by atoms with E-state index in [1.54, 1.807) is 6.20 Å². The van der Waals surface area contributed by atoms with Crippen molar-refractivity contribution in [3.8, 4) is 11.1 Å². The number of amides is 1. The molecule has 1 saturated carbocycles. The molecule has 0 unspecified atom stereocenters. The lowest BCUT2D eigenvalue weighted by Gasteiger charge is -2.19. The highest BCUT2D eigenvalue weighted by Crippen LogP contribution is 2.34. The second kappa shape index (κ2) is 11.5. The van der Waals surface area contributed by atoms with Crippen LogP contribution in [0.5, 0.6) is 0 Å². The number of nitrogens with zero attached hydrogens (tertiary/aromatic N) is 1. The summed E-state index contributed by atoms with van der Waals surface area (Å²) < 4.78 is 0. The number of pyridine rings is 1. The molecule has 0 radical (unpaired) electrons. The molecule has 1 amide bonds. The van der Waals surface area contributed by atoms with Gasteiger partial charge < -0.3 is 10.3 Å². The smallest absolute Gasteiger partial charge is 0.227 e. The van der Waals surface area contributed by atoms with Crippen molar-refractivity contribution in [3.05, 3.63) is 73.1 Å². The Kier molecular flexibility index (Phi) is 7.91. The van der Waals surface area contributed by atoms with Crippen LogP contribution in [0.4, 0.5) is 5.69 Å². The molecule has 1 aliphatic rings. The van der Waals surface area contributed by atoms with E-state index in [1.807, 2.05) is 54.7 Å². The zero-order valence-electron chi connectivity index (χ0n) is 18.7. The molecule has 32 heavy (non-hydrogen) atoms. The molecule has 0 saturated heterocycles. The van der Waals surface area contributed by atoms with Gasteiger partial charge in [-0.25, -0.2) is 0 Å². The monoisotopic (exact) mass is 427 g/mol. The Labute approximate surface area is 190 Å². The molecule has 4 nitrogen and oxygen atoms in total. The van der Waals surface area contributed by atoms with Crippen molar-refractivity contribution in [2.24, 2.45) is 5.92 Å². The Hall–Kier alpha value is -3.14. The summed E-state index contributed by atoms with van der Waals surface area (Å²) in [7, 11) is 0. The molecule has 1 fully saturated rings. The number of fused-ring (bicyclic) bond motifs is 1. The number of hydrogen-bond acceptors (Lipinski definition) is 2. The normalized spacial score (nSPS) is 15.6. The number of H-pyrrole nitrogens is 1. The molecular weight excluding hydrogens is 394 g/mol. The van der Waals surface area contributed by atoms with Crippen LogP contribution in [0.2, 0.25) is 0 Å². The standard InChI is InChI=1S/C28H33N3O/c32-28(23-17-13-9-5-2-6-10-14-18-23)31-25-21-30-24-19-20-29-27(24)26(25)22-15-11-7-3-1-4-8-12-16-22/h1,3-4,7-8,11-12,15-16,19-21,23,29H,2,5-6,9-10,13-14,17-18H2,(H,31,32). The minimum Gasteiger partial charge on any atom is -0.359 e. The molecule has 2 N–H and O–H groups in total. The van der Waals surface area contributed by atoms with Crippen LogP contribution in [-0.2, 0) is 4.79 Å². The van der Waals surface area contributed by atoms with Crippen molar-refractivity contribution in [1.29, 1.82) is 0 Å². The summed E-state index contributed by atoms with van der Waals surface area (Å²) in [5.74, 6) is 0.198. The molecule has 1 aliphatic carbocycles. The van der Waals surface area contributed by atoms with E-state index in [-0.39, 0.29) is 11.8 Å². The number of anilines is 1. The van der Waals surface area contributed by atoms with Crippen LogP contribution in [0, 0.1) is 5.92 Å². The van der Waals surface area contributed by atoms with Crippen molar-refractivity contribution < 1.29 is 4.79 Å². The summed E-state index contributed by atoms with van der Waals surface area (Å²) in [6.45, 7) is 0. The van der Waals surface area contributed by atoms with Gasteiger partial charge in [0.15, 0.2) is 0 Å². The van der Waals surface area contributed by atoms with E-state index >= 15 is 0 Å². The van der Waals surface area contributed by atoms with Gasteiger partial charge in [0, 0.05) is 17.7 Å². The largest absolute Gasteiger partial charge is 0.359 e. The number of carbonyl (C=O) groups excluding carboxylic acids is 1. The topological polar surface area (TPSA) is 57.8 Å². The highest BCUT2D eigenvalue weighted by Gasteiger charge is 2.21. The maximum atomic E-state index is 13.3. The molecule has 3 aromatic rings. The SMILES string of the molecule is O=C(Nc1cnc2cc[nH]c2c1-c1ccccccccc1)C1CCCCCCCCC1. The van der Waals surface area contributed by atoms with Crippen LogP contribution < -0.4 is 5.32 Å². The van der Waals surface area contributed by atoms with E-state index < -0.39 is 0 Å². The first-order valence-electron chi connectivity index (χ1n) is 12.0. The Morgan fingerprint density at radius 1 is 0.812 bits per heavy atom. The highest BCUT2D eigenvalue weighted by molar-refractivity contribution is 6.04. The van der Waals surface area contributed by atoms with Gasteiger partial charge in [0.05, 0.1) is 22.9 Å². The zero-order valence-corrected chi connectivity index (χ0v) is 18.7. The van der Waals surface area contributed by atoms with E-state index in [9.17, 15) is 4.79 Å².